The van der Waals surface area contributed by atoms with Crippen LogP contribution in [0.4, 0.5) is 14.9 Å². The van der Waals surface area contributed by atoms with Crippen LogP contribution in [0, 0.1) is 17.2 Å². The van der Waals surface area contributed by atoms with Gasteiger partial charge < -0.3 is 29.9 Å². The van der Waals surface area contributed by atoms with E-state index in [9.17, 15) is 36.8 Å². The van der Waals surface area contributed by atoms with Gasteiger partial charge in [-0.1, -0.05) is 40.2 Å². The third kappa shape index (κ3) is 8.59. The van der Waals surface area contributed by atoms with E-state index in [2.05, 4.69) is 15.4 Å². The first-order valence-electron chi connectivity index (χ1n) is 19.6. The quantitative estimate of drug-likeness (QED) is 0.305. The van der Waals surface area contributed by atoms with Crippen molar-refractivity contribution in [3.05, 3.63) is 65.0 Å². The Hall–Kier alpha value is -4.77. The van der Waals surface area contributed by atoms with Gasteiger partial charge in [-0.2, -0.15) is 0 Å². The molecule has 2 aliphatic carbocycles. The minimum absolute atomic E-state index is 0.0806. The topological polar surface area (TPSA) is 184 Å². The summed E-state index contributed by atoms with van der Waals surface area (Å²) in [6.07, 6.45) is -0.0340. The Bertz CT molecular complexity index is 2030. The Labute approximate surface area is 332 Å². The van der Waals surface area contributed by atoms with Crippen molar-refractivity contribution >= 4 is 45.4 Å². The van der Waals surface area contributed by atoms with Crippen LogP contribution in [-0.2, 0) is 47.0 Å². The maximum Gasteiger partial charge on any atom is 0.410 e. The van der Waals surface area contributed by atoms with E-state index in [0.717, 1.165) is 5.56 Å². The number of ether oxygens (including phenoxy) is 2. The molecule has 2 saturated carbocycles. The summed E-state index contributed by atoms with van der Waals surface area (Å²) in [5.41, 5.74) is 0.303. The maximum atomic E-state index is 14.7. The number of benzene rings is 2. The van der Waals surface area contributed by atoms with Gasteiger partial charge in [-0.05, 0) is 78.1 Å². The molecule has 3 aliphatic heterocycles. The monoisotopic (exact) mass is 810 g/mol. The molecule has 4 fully saturated rings. The molecule has 0 unspecified atom stereocenters. The van der Waals surface area contributed by atoms with Gasteiger partial charge in [0.25, 0.3) is 11.8 Å². The molecule has 2 saturated heterocycles. The van der Waals surface area contributed by atoms with Gasteiger partial charge in [0.1, 0.15) is 29.5 Å². The second-order valence-corrected chi connectivity index (χ2v) is 18.8. The molecule has 2 aromatic rings. The molecule has 0 bridgehead atoms. The van der Waals surface area contributed by atoms with Crippen molar-refractivity contribution in [2.45, 2.75) is 102 Å². The summed E-state index contributed by atoms with van der Waals surface area (Å²) in [4.78, 5) is 73.7. The Balaban J connectivity index is 1.11. The number of morpholine rings is 1. The van der Waals surface area contributed by atoms with Crippen LogP contribution >= 0.6 is 0 Å². The highest BCUT2D eigenvalue weighted by molar-refractivity contribution is 7.91. The number of hydrogen-bond acceptors (Lipinski definition) is 10. The van der Waals surface area contributed by atoms with Crippen molar-refractivity contribution in [3.8, 4) is 0 Å². The fraction of sp³-hybridized carbons (Fsp3) is 0.575. The molecule has 0 aromatic heterocycles. The summed E-state index contributed by atoms with van der Waals surface area (Å²) >= 11 is 0. The van der Waals surface area contributed by atoms with Gasteiger partial charge >= 0.3 is 6.09 Å². The van der Waals surface area contributed by atoms with Gasteiger partial charge in [0.2, 0.25) is 21.8 Å². The van der Waals surface area contributed by atoms with Crippen molar-refractivity contribution in [1.29, 1.82) is 0 Å². The highest BCUT2D eigenvalue weighted by atomic mass is 32.2. The zero-order valence-corrected chi connectivity index (χ0v) is 33.5. The van der Waals surface area contributed by atoms with E-state index in [1.807, 2.05) is 27.7 Å². The minimum atomic E-state index is -3.90. The van der Waals surface area contributed by atoms with Crippen LogP contribution in [0.25, 0.3) is 0 Å². The summed E-state index contributed by atoms with van der Waals surface area (Å²) in [6, 6.07) is 9.04. The van der Waals surface area contributed by atoms with Crippen LogP contribution in [-0.4, -0.2) is 115 Å². The van der Waals surface area contributed by atoms with Crippen molar-refractivity contribution < 1.29 is 46.3 Å². The Morgan fingerprint density at radius 1 is 0.982 bits per heavy atom. The number of fused-ring (bicyclic) bond motifs is 1. The zero-order chi connectivity index (χ0) is 40.9. The highest BCUT2D eigenvalue weighted by Crippen LogP contribution is 2.47. The summed E-state index contributed by atoms with van der Waals surface area (Å²) in [5.74, 6) is -2.79. The van der Waals surface area contributed by atoms with Gasteiger partial charge in [0.15, 0.2) is 0 Å². The van der Waals surface area contributed by atoms with Crippen molar-refractivity contribution in [2.24, 2.45) is 11.3 Å². The van der Waals surface area contributed by atoms with Gasteiger partial charge in [0, 0.05) is 43.9 Å². The van der Waals surface area contributed by atoms with Crippen molar-refractivity contribution in [1.82, 2.24) is 24.7 Å². The first-order valence-corrected chi connectivity index (χ1v) is 21.2. The van der Waals surface area contributed by atoms with Crippen LogP contribution in [0.2, 0.25) is 0 Å². The van der Waals surface area contributed by atoms with E-state index in [1.54, 1.807) is 35.2 Å². The summed E-state index contributed by atoms with van der Waals surface area (Å²) in [5, 5.41) is 5.50. The van der Waals surface area contributed by atoms with E-state index in [1.165, 1.54) is 21.9 Å². The molecule has 308 valence electrons. The average Bonchev–Trinajstić information content (AvgIpc) is 4.07. The molecule has 3 N–H and O–H groups in total. The lowest BCUT2D eigenvalue weighted by atomic mass is 9.85. The van der Waals surface area contributed by atoms with Gasteiger partial charge in [-0.15, -0.1) is 0 Å². The van der Waals surface area contributed by atoms with Crippen LogP contribution in [0.3, 0.4) is 0 Å². The average molecular weight is 811 g/mol. The molecular weight excluding hydrogens is 760 g/mol. The molecule has 2 aromatic carbocycles. The summed E-state index contributed by atoms with van der Waals surface area (Å²) in [7, 11) is -3.90. The normalized spacial score (nSPS) is 25.0. The van der Waals surface area contributed by atoms with Crippen LogP contribution < -0.4 is 15.4 Å². The highest BCUT2D eigenvalue weighted by Gasteiger charge is 2.62. The molecule has 7 rings (SSSR count). The molecule has 57 heavy (non-hydrogen) atoms. The molecule has 5 amide bonds. The number of carbonyl (C=O) groups is 5. The third-order valence-electron chi connectivity index (χ3n) is 11.7. The molecule has 5 atom stereocenters. The van der Waals surface area contributed by atoms with Crippen LogP contribution in [0.1, 0.15) is 81.3 Å². The van der Waals surface area contributed by atoms with E-state index in [-0.39, 0.29) is 44.3 Å². The second-order valence-electron chi connectivity index (χ2n) is 16.9. The number of hydrogen-bond donors (Lipinski definition) is 3. The van der Waals surface area contributed by atoms with Gasteiger partial charge in [-0.3, -0.25) is 28.8 Å². The number of likely N-dealkylation sites (tertiary alicyclic amines) is 1. The lowest BCUT2D eigenvalue weighted by molar-refractivity contribution is -0.141. The predicted octanol–water partition coefficient (Wildman–Crippen LogP) is 3.14. The van der Waals surface area contributed by atoms with Crippen molar-refractivity contribution in [3.63, 3.8) is 0 Å². The number of carbonyl (C=O) groups excluding carboxylic acids is 5. The molecule has 17 heteroatoms. The third-order valence-corrected chi connectivity index (χ3v) is 13.5. The first kappa shape index (κ1) is 40.4. The number of nitrogens with zero attached hydrogens (tertiary/aromatic N) is 3. The summed E-state index contributed by atoms with van der Waals surface area (Å²) < 4.78 is 52.9. The number of amides is 5. The van der Waals surface area contributed by atoms with E-state index < -0.39 is 74.0 Å². The van der Waals surface area contributed by atoms with E-state index in [4.69, 9.17) is 9.47 Å². The Kier molecular flexibility index (Phi) is 11.0. The number of halogens is 1. The largest absolute Gasteiger partial charge is 0.444 e. The molecule has 0 spiro atoms. The standard InChI is InChI=1S/C40H51FN6O9S/c1-5-27-20-40(27,37(51)44-57(53,54)31-12-13-31)43-34(48)32-19-30(56-38(52)46-21-25-6-9-28(41)18-26(25)22-46)23-47(32)36(50)33(39(2,3)4)42-29-10-7-24(8-11-29)35(49)45-14-16-55-17-15-45/h6-11,18,27,30-33,42H,5,12-17,19-23H2,1-4H3,(H,43,48)(H,44,51)/t27-,30-,32+,33-,40-/m1/s1. The van der Waals surface area contributed by atoms with Gasteiger partial charge in [-0.25, -0.2) is 17.6 Å². The molecule has 5 aliphatic rings. The fourth-order valence-electron chi connectivity index (χ4n) is 8.02. The number of sulfonamides is 1. The Morgan fingerprint density at radius 3 is 2.30 bits per heavy atom. The smallest absolute Gasteiger partial charge is 0.410 e. The molecule has 15 nitrogen and oxygen atoms in total. The van der Waals surface area contributed by atoms with Gasteiger partial charge in [0.05, 0.1) is 25.0 Å². The first-order chi connectivity index (χ1) is 27.0. The zero-order valence-electron chi connectivity index (χ0n) is 32.7. The lowest BCUT2D eigenvalue weighted by Crippen LogP contribution is -2.58. The SMILES string of the molecule is CC[C@@H]1C[C@]1(NC(=O)[C@@H]1C[C@@H](OC(=O)N2Cc3ccc(F)cc3C2)CN1C(=O)[C@@H](Nc1ccc(C(=O)N2CCOCC2)cc1)C(C)(C)C)C(=O)NS(=O)(=O)C1CC1. The predicted molar refractivity (Wildman–Crippen MR) is 205 cm³/mol. The maximum absolute atomic E-state index is 14.7. The molecular formula is C40H51FN6O9S. The molecule has 3 heterocycles. The summed E-state index contributed by atoms with van der Waals surface area (Å²) in [6.45, 7) is 9.59. The molecule has 0 radical (unpaired) electrons. The van der Waals surface area contributed by atoms with Crippen LogP contribution in [0.5, 0.6) is 0 Å². The van der Waals surface area contributed by atoms with Crippen molar-refractivity contribution in [2.75, 3.05) is 38.2 Å². The number of rotatable bonds is 11. The van der Waals surface area contributed by atoms with E-state index in [0.29, 0.717) is 62.4 Å². The lowest BCUT2D eigenvalue weighted by Gasteiger charge is -2.36. The van der Waals surface area contributed by atoms with E-state index >= 15 is 0 Å². The minimum Gasteiger partial charge on any atom is -0.444 e. The number of anilines is 1. The fourth-order valence-corrected chi connectivity index (χ4v) is 9.38. The Morgan fingerprint density at radius 2 is 1.67 bits per heavy atom. The second kappa shape index (κ2) is 15.5. The number of nitrogens with one attached hydrogen (secondary N) is 3. The van der Waals surface area contributed by atoms with Crippen LogP contribution in [0.15, 0.2) is 42.5 Å².